The van der Waals surface area contributed by atoms with E-state index in [2.05, 4.69) is 12.2 Å². The van der Waals surface area contributed by atoms with Crippen molar-refractivity contribution in [3.8, 4) is 0 Å². The maximum atomic E-state index is 12.0. The molecule has 3 heteroatoms. The molecule has 1 aliphatic rings. The molecule has 2 unspecified atom stereocenters. The van der Waals surface area contributed by atoms with Crippen LogP contribution in [0.4, 0.5) is 11.4 Å². The molecule has 0 radical (unpaired) electrons. The molecule has 3 N–H and O–H groups in total. The molecule has 0 aliphatic heterocycles. The van der Waals surface area contributed by atoms with Gasteiger partial charge in [-0.1, -0.05) is 19.4 Å². The fourth-order valence-electron chi connectivity index (χ4n) is 2.75. The van der Waals surface area contributed by atoms with Crippen LogP contribution in [0.2, 0.25) is 0 Å². The first-order valence-electron chi connectivity index (χ1n) is 6.70. The van der Waals surface area contributed by atoms with Gasteiger partial charge >= 0.3 is 0 Å². The second-order valence-electron chi connectivity index (χ2n) is 5.61. The predicted octanol–water partition coefficient (Wildman–Crippen LogP) is 3.34. The molecule has 1 aromatic carbocycles. The van der Waals surface area contributed by atoms with E-state index in [4.69, 9.17) is 5.73 Å². The van der Waals surface area contributed by atoms with Crippen molar-refractivity contribution in [2.45, 2.75) is 39.5 Å². The Morgan fingerprint density at radius 2 is 2.22 bits per heavy atom. The summed E-state index contributed by atoms with van der Waals surface area (Å²) in [6.07, 6.45) is 4.27. The van der Waals surface area contributed by atoms with Gasteiger partial charge in [-0.2, -0.15) is 0 Å². The average Bonchev–Trinajstić information content (AvgIpc) is 2.69. The Balaban J connectivity index is 1.92. The van der Waals surface area contributed by atoms with Crippen LogP contribution in [0.1, 0.15) is 38.2 Å². The fourth-order valence-corrected chi connectivity index (χ4v) is 2.75. The molecule has 0 aromatic heterocycles. The summed E-state index contributed by atoms with van der Waals surface area (Å²) in [6.45, 7) is 4.24. The summed E-state index contributed by atoms with van der Waals surface area (Å²) in [6, 6.07) is 5.61. The molecule has 0 saturated heterocycles. The highest BCUT2D eigenvalue weighted by atomic mass is 16.1. The van der Waals surface area contributed by atoms with Gasteiger partial charge in [-0.15, -0.1) is 0 Å². The monoisotopic (exact) mass is 246 g/mol. The number of nitrogens with two attached hydrogens (primary N) is 1. The molecular weight excluding hydrogens is 224 g/mol. The number of carbonyl (C=O) groups excluding carboxylic acids is 1. The summed E-state index contributed by atoms with van der Waals surface area (Å²) >= 11 is 0. The lowest BCUT2D eigenvalue weighted by atomic mass is 10.0. The van der Waals surface area contributed by atoms with Gasteiger partial charge in [-0.3, -0.25) is 4.79 Å². The van der Waals surface area contributed by atoms with Crippen molar-refractivity contribution in [1.29, 1.82) is 0 Å². The summed E-state index contributed by atoms with van der Waals surface area (Å²) in [7, 11) is 0. The van der Waals surface area contributed by atoms with Gasteiger partial charge in [0, 0.05) is 17.8 Å². The van der Waals surface area contributed by atoms with E-state index in [1.807, 2.05) is 25.1 Å². The third kappa shape index (κ3) is 3.25. The molecule has 1 aliphatic carbocycles. The lowest BCUT2D eigenvalue weighted by molar-refractivity contribution is -0.117. The molecule has 0 heterocycles. The number of hydrogen-bond donors (Lipinski definition) is 2. The van der Waals surface area contributed by atoms with Gasteiger partial charge < -0.3 is 11.1 Å². The number of nitrogens with one attached hydrogen (secondary N) is 1. The molecule has 2 rings (SSSR count). The van der Waals surface area contributed by atoms with E-state index < -0.39 is 0 Å². The van der Waals surface area contributed by atoms with Gasteiger partial charge in [0.25, 0.3) is 0 Å². The minimum Gasteiger partial charge on any atom is -0.399 e. The minimum absolute atomic E-state index is 0.114. The van der Waals surface area contributed by atoms with E-state index >= 15 is 0 Å². The van der Waals surface area contributed by atoms with Gasteiger partial charge in [-0.25, -0.2) is 0 Å². The fraction of sp³-hybridized carbons (Fsp3) is 0.533. The maximum absolute atomic E-state index is 12.0. The van der Waals surface area contributed by atoms with Crippen molar-refractivity contribution in [2.24, 2.45) is 11.8 Å². The number of benzene rings is 1. The van der Waals surface area contributed by atoms with Crippen LogP contribution in [0, 0.1) is 18.8 Å². The molecule has 0 spiro atoms. The Labute approximate surface area is 109 Å². The number of nitrogen functional groups attached to an aromatic ring is 1. The lowest BCUT2D eigenvalue weighted by Gasteiger charge is -2.12. The van der Waals surface area contributed by atoms with Crippen LogP contribution in [-0.2, 0) is 4.79 Å². The van der Waals surface area contributed by atoms with Crippen LogP contribution in [0.15, 0.2) is 18.2 Å². The average molecular weight is 246 g/mol. The molecule has 1 aromatic rings. The molecule has 1 amide bonds. The zero-order valence-electron chi connectivity index (χ0n) is 11.2. The van der Waals surface area contributed by atoms with Gasteiger partial charge in [0.1, 0.15) is 0 Å². The SMILES string of the molecule is Cc1ccc(N)cc1NC(=O)CC1CCC(C)C1. The van der Waals surface area contributed by atoms with E-state index in [9.17, 15) is 4.79 Å². The minimum atomic E-state index is 0.114. The van der Waals surface area contributed by atoms with Crippen molar-refractivity contribution < 1.29 is 4.79 Å². The molecule has 0 bridgehead atoms. The second kappa shape index (κ2) is 5.42. The largest absolute Gasteiger partial charge is 0.399 e. The van der Waals surface area contributed by atoms with Gasteiger partial charge in [0.2, 0.25) is 5.91 Å². The Hall–Kier alpha value is -1.51. The predicted molar refractivity (Wildman–Crippen MR) is 75.3 cm³/mol. The van der Waals surface area contributed by atoms with E-state index in [0.717, 1.165) is 17.2 Å². The third-order valence-electron chi connectivity index (χ3n) is 3.81. The van der Waals surface area contributed by atoms with E-state index in [0.29, 0.717) is 18.0 Å². The van der Waals surface area contributed by atoms with Crippen molar-refractivity contribution in [2.75, 3.05) is 11.1 Å². The van der Waals surface area contributed by atoms with E-state index in [-0.39, 0.29) is 5.91 Å². The normalized spacial score (nSPS) is 23.0. The van der Waals surface area contributed by atoms with Crippen LogP contribution in [0.5, 0.6) is 0 Å². The number of hydrogen-bond acceptors (Lipinski definition) is 2. The number of rotatable bonds is 3. The molecular formula is C15H22N2O. The first-order chi connectivity index (χ1) is 8.54. The first-order valence-corrected chi connectivity index (χ1v) is 6.70. The molecule has 98 valence electrons. The van der Waals surface area contributed by atoms with Gasteiger partial charge in [0.15, 0.2) is 0 Å². The highest BCUT2D eigenvalue weighted by Crippen LogP contribution is 2.32. The third-order valence-corrected chi connectivity index (χ3v) is 3.81. The maximum Gasteiger partial charge on any atom is 0.224 e. The lowest BCUT2D eigenvalue weighted by Crippen LogP contribution is -2.16. The molecule has 1 fully saturated rings. The van der Waals surface area contributed by atoms with Crippen molar-refractivity contribution in [3.63, 3.8) is 0 Å². The zero-order chi connectivity index (χ0) is 13.1. The second-order valence-corrected chi connectivity index (χ2v) is 5.61. The zero-order valence-corrected chi connectivity index (χ0v) is 11.2. The first kappa shape index (κ1) is 12.9. The molecule has 1 saturated carbocycles. The topological polar surface area (TPSA) is 55.1 Å². The Morgan fingerprint density at radius 3 is 2.89 bits per heavy atom. The Bertz CT molecular complexity index is 442. The number of aryl methyl sites for hydroxylation is 1. The van der Waals surface area contributed by atoms with Crippen LogP contribution in [-0.4, -0.2) is 5.91 Å². The van der Waals surface area contributed by atoms with Crippen molar-refractivity contribution in [3.05, 3.63) is 23.8 Å². The molecule has 2 atom stereocenters. The molecule has 3 nitrogen and oxygen atoms in total. The summed E-state index contributed by atoms with van der Waals surface area (Å²) in [4.78, 5) is 12.0. The number of anilines is 2. The van der Waals surface area contributed by atoms with Crippen LogP contribution >= 0.6 is 0 Å². The Morgan fingerprint density at radius 1 is 1.44 bits per heavy atom. The summed E-state index contributed by atoms with van der Waals surface area (Å²) in [5.41, 5.74) is 8.31. The quantitative estimate of drug-likeness (QED) is 0.804. The number of amides is 1. The van der Waals surface area contributed by atoms with Crippen molar-refractivity contribution >= 4 is 17.3 Å². The summed E-state index contributed by atoms with van der Waals surface area (Å²) in [5, 5.41) is 2.97. The highest BCUT2D eigenvalue weighted by Gasteiger charge is 2.23. The Kier molecular flexibility index (Phi) is 3.90. The van der Waals surface area contributed by atoms with Crippen LogP contribution in [0.25, 0.3) is 0 Å². The summed E-state index contributed by atoms with van der Waals surface area (Å²) in [5.74, 6) is 1.45. The summed E-state index contributed by atoms with van der Waals surface area (Å²) < 4.78 is 0. The smallest absolute Gasteiger partial charge is 0.224 e. The van der Waals surface area contributed by atoms with Crippen molar-refractivity contribution in [1.82, 2.24) is 0 Å². The standard InChI is InChI=1S/C15H22N2O/c1-10-3-5-12(7-10)8-15(18)17-14-9-13(16)6-4-11(14)2/h4,6,9-10,12H,3,5,7-8,16H2,1-2H3,(H,17,18). The van der Waals surface area contributed by atoms with Gasteiger partial charge in [0.05, 0.1) is 0 Å². The molecule has 18 heavy (non-hydrogen) atoms. The van der Waals surface area contributed by atoms with E-state index in [1.165, 1.54) is 19.3 Å². The van der Waals surface area contributed by atoms with Crippen LogP contribution < -0.4 is 11.1 Å². The number of carbonyl (C=O) groups is 1. The van der Waals surface area contributed by atoms with E-state index in [1.54, 1.807) is 0 Å². The highest BCUT2D eigenvalue weighted by molar-refractivity contribution is 5.92. The van der Waals surface area contributed by atoms with Gasteiger partial charge in [-0.05, 0) is 49.3 Å². The van der Waals surface area contributed by atoms with Crippen LogP contribution in [0.3, 0.4) is 0 Å².